The van der Waals surface area contributed by atoms with Gasteiger partial charge in [-0.1, -0.05) is 38.1 Å². The molecule has 8 nitrogen and oxygen atoms in total. The van der Waals surface area contributed by atoms with Crippen molar-refractivity contribution in [2.45, 2.75) is 63.6 Å². The molecule has 1 saturated heterocycles. The zero-order chi connectivity index (χ0) is 28.7. The molecule has 1 aliphatic rings. The lowest BCUT2D eigenvalue weighted by atomic mass is 9.86. The molecule has 2 amide bonds. The first-order valence-corrected chi connectivity index (χ1v) is 13.0. The molecule has 0 radical (unpaired) electrons. The summed E-state index contributed by atoms with van der Waals surface area (Å²) in [7, 11) is 1.23. The molecular formula is C29H37F2N3O5. The zero-order valence-corrected chi connectivity index (χ0v) is 22.8. The number of nitrogens with one attached hydrogen (secondary N) is 2. The van der Waals surface area contributed by atoms with Gasteiger partial charge in [-0.15, -0.1) is 0 Å². The van der Waals surface area contributed by atoms with E-state index in [0.717, 1.165) is 17.2 Å². The molecule has 39 heavy (non-hydrogen) atoms. The van der Waals surface area contributed by atoms with Crippen molar-refractivity contribution in [2.75, 3.05) is 26.7 Å². The van der Waals surface area contributed by atoms with Gasteiger partial charge in [-0.05, 0) is 47.6 Å². The Morgan fingerprint density at radius 2 is 1.82 bits per heavy atom. The molecule has 0 spiro atoms. The van der Waals surface area contributed by atoms with Gasteiger partial charge in [0.05, 0.1) is 24.8 Å². The van der Waals surface area contributed by atoms with Crippen LogP contribution in [0, 0.1) is 11.6 Å². The number of esters is 1. The second-order valence-electron chi connectivity index (χ2n) is 10.4. The number of rotatable bonds is 11. The summed E-state index contributed by atoms with van der Waals surface area (Å²) < 4.78 is 32.2. The Kier molecular flexibility index (Phi) is 10.2. The molecule has 2 aromatic carbocycles. The minimum Gasteiger partial charge on any atom is -0.469 e. The van der Waals surface area contributed by atoms with Crippen LogP contribution in [0.5, 0.6) is 0 Å². The van der Waals surface area contributed by atoms with Crippen molar-refractivity contribution in [3.63, 3.8) is 0 Å². The van der Waals surface area contributed by atoms with Crippen LogP contribution < -0.4 is 10.6 Å². The predicted molar refractivity (Wildman–Crippen MR) is 142 cm³/mol. The topological polar surface area (TPSA) is 108 Å². The van der Waals surface area contributed by atoms with Crippen molar-refractivity contribution in [1.29, 1.82) is 0 Å². The van der Waals surface area contributed by atoms with Gasteiger partial charge in [0, 0.05) is 32.6 Å². The number of aliphatic hydroxyl groups is 1. The number of benzene rings is 2. The number of ether oxygens (including phenoxy) is 1. The summed E-state index contributed by atoms with van der Waals surface area (Å²) in [6, 6.07) is 10.3. The van der Waals surface area contributed by atoms with E-state index in [-0.39, 0.29) is 37.8 Å². The van der Waals surface area contributed by atoms with Gasteiger partial charge in [0.2, 0.25) is 11.8 Å². The van der Waals surface area contributed by atoms with Crippen LogP contribution in [0.3, 0.4) is 0 Å². The summed E-state index contributed by atoms with van der Waals surface area (Å²) in [6.07, 6.45) is -0.953. The van der Waals surface area contributed by atoms with Gasteiger partial charge in [0.1, 0.15) is 18.1 Å². The van der Waals surface area contributed by atoms with E-state index in [1.807, 2.05) is 18.2 Å². The van der Waals surface area contributed by atoms with Crippen molar-refractivity contribution in [1.82, 2.24) is 15.5 Å². The van der Waals surface area contributed by atoms with E-state index in [9.17, 15) is 28.3 Å². The zero-order valence-electron chi connectivity index (χ0n) is 22.8. The molecule has 2 aromatic rings. The summed E-state index contributed by atoms with van der Waals surface area (Å²) in [5.41, 5.74) is 1.60. The fourth-order valence-electron chi connectivity index (χ4n) is 4.98. The number of hydrogen-bond acceptors (Lipinski definition) is 6. The van der Waals surface area contributed by atoms with E-state index >= 15 is 0 Å². The Morgan fingerprint density at radius 1 is 1.13 bits per heavy atom. The number of likely N-dealkylation sites (tertiary alicyclic amines) is 1. The molecule has 3 atom stereocenters. The third kappa shape index (κ3) is 8.06. The van der Waals surface area contributed by atoms with Crippen LogP contribution in [0.4, 0.5) is 8.78 Å². The maximum Gasteiger partial charge on any atom is 0.315 e. The average Bonchev–Trinajstić information content (AvgIpc) is 3.32. The van der Waals surface area contributed by atoms with Crippen LogP contribution in [-0.2, 0) is 31.1 Å². The van der Waals surface area contributed by atoms with E-state index < -0.39 is 41.2 Å². The van der Waals surface area contributed by atoms with Crippen LogP contribution in [0.2, 0.25) is 0 Å². The van der Waals surface area contributed by atoms with Gasteiger partial charge in [0.15, 0.2) is 0 Å². The quantitative estimate of drug-likeness (QED) is 0.296. The van der Waals surface area contributed by atoms with Crippen LogP contribution in [0.1, 0.15) is 56.2 Å². The third-order valence-electron chi connectivity index (χ3n) is 7.13. The first kappa shape index (κ1) is 30.2. The Labute approximate surface area is 227 Å². The molecule has 10 heteroatoms. The number of methoxy groups -OCH3 is 1. The maximum absolute atomic E-state index is 13.8. The van der Waals surface area contributed by atoms with E-state index in [2.05, 4.69) is 35.3 Å². The Morgan fingerprint density at radius 3 is 2.44 bits per heavy atom. The van der Waals surface area contributed by atoms with Gasteiger partial charge in [-0.2, -0.15) is 0 Å². The first-order chi connectivity index (χ1) is 18.4. The predicted octanol–water partition coefficient (Wildman–Crippen LogP) is 2.78. The standard InChI is InChI=1S/C29H37F2N3O5/c1-18(2)21-6-5-7-22(13-21)29(8-9-34(17-29)27(37)15-28(38)39-4)32-16-26(36)25(33-19(3)35)12-20-10-23(30)14-24(31)11-20/h5-7,10-11,13-14,18,25-26,32,36H,8-9,12,15-17H2,1-4H3,(H,33,35)/t25?,26?,29-/m0/s1. The molecule has 0 saturated carbocycles. The van der Waals surface area contributed by atoms with E-state index in [0.29, 0.717) is 18.5 Å². The number of amides is 2. The summed E-state index contributed by atoms with van der Waals surface area (Å²) >= 11 is 0. The van der Waals surface area contributed by atoms with Crippen LogP contribution in [0.25, 0.3) is 0 Å². The minimum absolute atomic E-state index is 0.0106. The summed E-state index contributed by atoms with van der Waals surface area (Å²) in [4.78, 5) is 38.0. The number of nitrogens with zero attached hydrogens (tertiary/aromatic N) is 1. The summed E-state index contributed by atoms with van der Waals surface area (Å²) in [5.74, 6) is -2.58. The van der Waals surface area contributed by atoms with E-state index in [4.69, 9.17) is 0 Å². The van der Waals surface area contributed by atoms with Gasteiger partial charge >= 0.3 is 5.97 Å². The lowest BCUT2D eigenvalue weighted by molar-refractivity contribution is -0.146. The van der Waals surface area contributed by atoms with Gasteiger partial charge in [-0.25, -0.2) is 8.78 Å². The van der Waals surface area contributed by atoms with Crippen molar-refractivity contribution in [2.24, 2.45) is 0 Å². The van der Waals surface area contributed by atoms with Crippen molar-refractivity contribution < 1.29 is 33.0 Å². The smallest absolute Gasteiger partial charge is 0.315 e. The maximum atomic E-state index is 13.8. The largest absolute Gasteiger partial charge is 0.469 e. The van der Waals surface area contributed by atoms with Crippen LogP contribution >= 0.6 is 0 Å². The first-order valence-electron chi connectivity index (χ1n) is 13.0. The molecule has 0 aliphatic carbocycles. The number of halogens is 2. The molecule has 3 rings (SSSR count). The van der Waals surface area contributed by atoms with Crippen LogP contribution in [-0.4, -0.2) is 66.7 Å². The molecule has 1 aliphatic heterocycles. The number of hydrogen-bond donors (Lipinski definition) is 3. The Hall–Kier alpha value is -3.37. The summed E-state index contributed by atoms with van der Waals surface area (Å²) in [6.45, 7) is 6.14. The average molecular weight is 546 g/mol. The normalized spacial score (nSPS) is 18.6. The third-order valence-corrected chi connectivity index (χ3v) is 7.13. The molecule has 2 unspecified atom stereocenters. The van der Waals surface area contributed by atoms with E-state index in [1.165, 1.54) is 26.2 Å². The number of carbonyl (C=O) groups is 3. The van der Waals surface area contributed by atoms with Gasteiger partial charge in [-0.3, -0.25) is 14.4 Å². The van der Waals surface area contributed by atoms with E-state index in [1.54, 1.807) is 4.90 Å². The highest BCUT2D eigenvalue weighted by atomic mass is 19.1. The Bertz CT molecular complexity index is 1170. The second-order valence-corrected chi connectivity index (χ2v) is 10.4. The fraction of sp³-hybridized carbons (Fsp3) is 0.483. The molecule has 0 aromatic heterocycles. The van der Waals surface area contributed by atoms with Gasteiger partial charge < -0.3 is 25.4 Å². The molecule has 1 fully saturated rings. The minimum atomic E-state index is -1.12. The van der Waals surface area contributed by atoms with Crippen molar-refractivity contribution in [3.05, 3.63) is 70.8 Å². The molecule has 212 valence electrons. The number of carbonyl (C=O) groups excluding carboxylic acids is 3. The lowest BCUT2D eigenvalue weighted by Gasteiger charge is -2.34. The fourth-order valence-corrected chi connectivity index (χ4v) is 4.98. The highest BCUT2D eigenvalue weighted by Crippen LogP contribution is 2.34. The summed E-state index contributed by atoms with van der Waals surface area (Å²) in [5, 5.41) is 17.3. The lowest BCUT2D eigenvalue weighted by Crippen LogP contribution is -2.53. The number of aliphatic hydroxyl groups excluding tert-OH is 1. The van der Waals surface area contributed by atoms with Crippen molar-refractivity contribution in [3.8, 4) is 0 Å². The molecular weight excluding hydrogens is 508 g/mol. The molecule has 0 bridgehead atoms. The Balaban J connectivity index is 1.85. The molecule has 1 heterocycles. The molecule has 3 N–H and O–H groups in total. The monoisotopic (exact) mass is 545 g/mol. The van der Waals surface area contributed by atoms with Gasteiger partial charge in [0.25, 0.3) is 0 Å². The SMILES string of the molecule is COC(=O)CC(=O)N1CC[C@@](NCC(O)C(Cc2cc(F)cc(F)c2)NC(C)=O)(c2cccc(C(C)C)c2)C1. The highest BCUT2D eigenvalue weighted by Gasteiger charge is 2.42. The van der Waals surface area contributed by atoms with Crippen molar-refractivity contribution >= 4 is 17.8 Å². The highest BCUT2D eigenvalue weighted by molar-refractivity contribution is 5.94. The van der Waals surface area contributed by atoms with Crippen LogP contribution in [0.15, 0.2) is 42.5 Å². The second kappa shape index (κ2) is 13.1.